The van der Waals surface area contributed by atoms with E-state index in [2.05, 4.69) is 0 Å². The molecule has 3 amide bonds. The second-order valence-corrected chi connectivity index (χ2v) is 3.12. The molecule has 66 valence electrons. The van der Waals surface area contributed by atoms with Gasteiger partial charge in [0.2, 0.25) is 17.7 Å². The second kappa shape index (κ2) is 3.05. The number of imide groups is 3. The molecule has 1 aliphatic rings. The van der Waals surface area contributed by atoms with Crippen molar-refractivity contribution in [1.82, 2.24) is 4.90 Å². The van der Waals surface area contributed by atoms with E-state index in [0.717, 1.165) is 4.90 Å². The number of hydrogen-bond donors (Lipinski definition) is 0. The third kappa shape index (κ3) is 1.37. The second-order valence-electron chi connectivity index (χ2n) is 3.12. The van der Waals surface area contributed by atoms with Crippen LogP contribution in [0.5, 0.6) is 0 Å². The molecule has 1 rings (SSSR count). The van der Waals surface area contributed by atoms with Gasteiger partial charge in [-0.25, -0.2) is 4.90 Å². The van der Waals surface area contributed by atoms with Crippen LogP contribution in [0.15, 0.2) is 0 Å². The van der Waals surface area contributed by atoms with Gasteiger partial charge in [-0.1, -0.05) is 13.8 Å². The first kappa shape index (κ1) is 8.90. The van der Waals surface area contributed by atoms with Crippen LogP contribution < -0.4 is 0 Å². The minimum absolute atomic E-state index is 0.178. The van der Waals surface area contributed by atoms with Gasteiger partial charge < -0.3 is 0 Å². The average Bonchev–Trinajstić information content (AvgIpc) is 2.30. The van der Waals surface area contributed by atoms with E-state index in [9.17, 15) is 14.4 Å². The van der Waals surface area contributed by atoms with Crippen molar-refractivity contribution in [1.29, 1.82) is 0 Å². The molecule has 0 bridgehead atoms. The molecular formula is C8H11NO3. The molecule has 1 heterocycles. The summed E-state index contributed by atoms with van der Waals surface area (Å²) >= 11 is 0. The predicted octanol–water partition coefficient (Wildman–Crippen LogP) is 0.318. The van der Waals surface area contributed by atoms with Crippen molar-refractivity contribution >= 4 is 17.7 Å². The summed E-state index contributed by atoms with van der Waals surface area (Å²) in [5, 5.41) is 0. The van der Waals surface area contributed by atoms with Gasteiger partial charge in [-0.3, -0.25) is 14.4 Å². The van der Waals surface area contributed by atoms with Gasteiger partial charge in [0.1, 0.15) is 0 Å². The molecule has 1 fully saturated rings. The number of nitrogens with zero attached hydrogens (tertiary/aromatic N) is 1. The highest BCUT2D eigenvalue weighted by Crippen LogP contribution is 2.14. The molecular weight excluding hydrogens is 158 g/mol. The molecule has 0 aromatic rings. The Bertz CT molecular complexity index is 229. The molecule has 0 unspecified atom stereocenters. The summed E-state index contributed by atoms with van der Waals surface area (Å²) in [5.41, 5.74) is 0. The van der Waals surface area contributed by atoms with E-state index in [-0.39, 0.29) is 36.5 Å². The molecule has 1 aliphatic heterocycles. The Kier molecular flexibility index (Phi) is 2.26. The third-order valence-electron chi connectivity index (χ3n) is 1.77. The van der Waals surface area contributed by atoms with Gasteiger partial charge in [-0.2, -0.15) is 0 Å². The molecule has 0 aromatic carbocycles. The number of likely N-dealkylation sites (tertiary alicyclic amines) is 1. The number of carbonyl (C=O) groups excluding carboxylic acids is 3. The smallest absolute Gasteiger partial charge is 0.238 e. The third-order valence-corrected chi connectivity index (χ3v) is 1.77. The molecule has 0 spiro atoms. The summed E-state index contributed by atoms with van der Waals surface area (Å²) in [7, 11) is 0. The maximum atomic E-state index is 11.3. The molecule has 0 N–H and O–H groups in total. The number of rotatable bonds is 1. The Morgan fingerprint density at radius 1 is 1.25 bits per heavy atom. The van der Waals surface area contributed by atoms with Crippen LogP contribution in [0.25, 0.3) is 0 Å². The Morgan fingerprint density at radius 3 is 2.00 bits per heavy atom. The standard InChI is InChI=1S/C8H11NO3/c1-5(2)8(12)9-6(10)3-4-7(9)11/h5H,3-4H2,1-2H3. The number of carbonyl (C=O) groups is 3. The largest absolute Gasteiger partial charge is 0.274 e. The van der Waals surface area contributed by atoms with Crippen LogP contribution in [0.2, 0.25) is 0 Å². The Labute approximate surface area is 70.5 Å². The molecule has 0 aliphatic carbocycles. The van der Waals surface area contributed by atoms with E-state index in [1.54, 1.807) is 13.8 Å². The molecule has 0 aromatic heterocycles. The van der Waals surface area contributed by atoms with Crippen molar-refractivity contribution in [2.75, 3.05) is 0 Å². The maximum absolute atomic E-state index is 11.3. The van der Waals surface area contributed by atoms with Crippen LogP contribution in [-0.4, -0.2) is 22.6 Å². The summed E-state index contributed by atoms with van der Waals surface area (Å²) in [6.07, 6.45) is 0.356. The molecule has 0 saturated carbocycles. The number of amides is 3. The van der Waals surface area contributed by atoms with Crippen molar-refractivity contribution in [2.24, 2.45) is 5.92 Å². The Balaban J connectivity index is 2.80. The van der Waals surface area contributed by atoms with Crippen molar-refractivity contribution in [2.45, 2.75) is 26.7 Å². The van der Waals surface area contributed by atoms with E-state index in [1.165, 1.54) is 0 Å². The van der Waals surface area contributed by atoms with E-state index < -0.39 is 0 Å². The topological polar surface area (TPSA) is 54.5 Å². The van der Waals surface area contributed by atoms with Gasteiger partial charge in [0.05, 0.1) is 0 Å². The summed E-state index contributed by atoms with van der Waals surface area (Å²) < 4.78 is 0. The first-order valence-electron chi connectivity index (χ1n) is 3.93. The lowest BCUT2D eigenvalue weighted by Gasteiger charge is -2.13. The fourth-order valence-corrected chi connectivity index (χ4v) is 1.08. The van der Waals surface area contributed by atoms with Crippen molar-refractivity contribution < 1.29 is 14.4 Å². The SMILES string of the molecule is CC(C)C(=O)N1C(=O)CCC1=O. The lowest BCUT2D eigenvalue weighted by Crippen LogP contribution is -2.38. The van der Waals surface area contributed by atoms with E-state index in [1.807, 2.05) is 0 Å². The van der Waals surface area contributed by atoms with Crippen LogP contribution in [0.3, 0.4) is 0 Å². The summed E-state index contributed by atoms with van der Waals surface area (Å²) in [6.45, 7) is 3.34. The fraction of sp³-hybridized carbons (Fsp3) is 0.625. The molecule has 1 saturated heterocycles. The highest BCUT2D eigenvalue weighted by atomic mass is 16.2. The number of hydrogen-bond acceptors (Lipinski definition) is 3. The molecule has 0 radical (unpaired) electrons. The van der Waals surface area contributed by atoms with E-state index in [0.29, 0.717) is 0 Å². The molecule has 4 nitrogen and oxygen atoms in total. The minimum atomic E-state index is -0.387. The summed E-state index contributed by atoms with van der Waals surface area (Å²) in [6, 6.07) is 0. The van der Waals surface area contributed by atoms with Gasteiger partial charge in [-0.15, -0.1) is 0 Å². The van der Waals surface area contributed by atoms with Gasteiger partial charge in [-0.05, 0) is 0 Å². The average molecular weight is 169 g/mol. The predicted molar refractivity (Wildman–Crippen MR) is 40.9 cm³/mol. The van der Waals surface area contributed by atoms with Crippen molar-refractivity contribution in [3.05, 3.63) is 0 Å². The minimum Gasteiger partial charge on any atom is -0.274 e. The summed E-state index contributed by atoms with van der Waals surface area (Å²) in [5.74, 6) is -1.41. The van der Waals surface area contributed by atoms with Crippen LogP contribution >= 0.6 is 0 Å². The van der Waals surface area contributed by atoms with Crippen LogP contribution in [0.4, 0.5) is 0 Å². The van der Waals surface area contributed by atoms with Gasteiger partial charge in [0.25, 0.3) is 0 Å². The Hall–Kier alpha value is -1.19. The fourth-order valence-electron chi connectivity index (χ4n) is 1.08. The van der Waals surface area contributed by atoms with Crippen molar-refractivity contribution in [3.63, 3.8) is 0 Å². The summed E-state index contributed by atoms with van der Waals surface area (Å²) in [4.78, 5) is 34.0. The van der Waals surface area contributed by atoms with E-state index in [4.69, 9.17) is 0 Å². The molecule has 4 heteroatoms. The zero-order valence-electron chi connectivity index (χ0n) is 7.16. The zero-order chi connectivity index (χ0) is 9.30. The van der Waals surface area contributed by atoms with Crippen LogP contribution in [-0.2, 0) is 14.4 Å². The first-order chi connectivity index (χ1) is 5.54. The van der Waals surface area contributed by atoms with Crippen molar-refractivity contribution in [3.8, 4) is 0 Å². The van der Waals surface area contributed by atoms with Gasteiger partial charge in [0.15, 0.2) is 0 Å². The maximum Gasteiger partial charge on any atom is 0.238 e. The quantitative estimate of drug-likeness (QED) is 0.531. The van der Waals surface area contributed by atoms with Gasteiger partial charge >= 0.3 is 0 Å². The molecule has 0 atom stereocenters. The molecule has 12 heavy (non-hydrogen) atoms. The Morgan fingerprint density at radius 2 is 1.67 bits per heavy atom. The van der Waals surface area contributed by atoms with Crippen LogP contribution in [0.1, 0.15) is 26.7 Å². The highest BCUT2D eigenvalue weighted by Gasteiger charge is 2.35. The lowest BCUT2D eigenvalue weighted by atomic mass is 10.2. The van der Waals surface area contributed by atoms with Crippen LogP contribution in [0, 0.1) is 5.92 Å². The van der Waals surface area contributed by atoms with Gasteiger partial charge in [0, 0.05) is 18.8 Å². The normalized spacial score (nSPS) is 17.8. The zero-order valence-corrected chi connectivity index (χ0v) is 7.16. The lowest BCUT2D eigenvalue weighted by molar-refractivity contribution is -0.151. The van der Waals surface area contributed by atoms with E-state index >= 15 is 0 Å². The highest BCUT2D eigenvalue weighted by molar-refractivity contribution is 6.15. The first-order valence-corrected chi connectivity index (χ1v) is 3.93. The monoisotopic (exact) mass is 169 g/mol.